The molecule has 1 heterocycles. The molecule has 0 radical (unpaired) electrons. The average Bonchev–Trinajstić information content (AvgIpc) is 2.80. The Kier molecular flexibility index (Phi) is 6.84. The largest absolute Gasteiger partial charge is 0.497 e. The van der Waals surface area contributed by atoms with Gasteiger partial charge in [-0.2, -0.15) is 0 Å². The lowest BCUT2D eigenvalue weighted by molar-refractivity contribution is 0.0526. The fraction of sp³-hybridized carbons (Fsp3) is 0.143. The first-order valence-electron chi connectivity index (χ1n) is 9.37. The minimum atomic E-state index is -0.426. The van der Waals surface area contributed by atoms with E-state index in [1.807, 2.05) is 0 Å². The van der Waals surface area contributed by atoms with Crippen molar-refractivity contribution >= 4 is 34.9 Å². The average molecular weight is 422 g/mol. The number of nitrogens with one attached hydrogen (secondary N) is 3. The fourth-order valence-electron chi connectivity index (χ4n) is 2.60. The maximum atomic E-state index is 12.3. The summed E-state index contributed by atoms with van der Waals surface area (Å²) in [6.45, 7) is 2.02. The molecule has 31 heavy (non-hydrogen) atoms. The molecule has 0 aliphatic heterocycles. The molecule has 1 aromatic heterocycles. The predicted octanol–water partition coefficient (Wildman–Crippen LogP) is 2.74. The van der Waals surface area contributed by atoms with Crippen LogP contribution in [0.1, 0.15) is 27.6 Å². The highest BCUT2D eigenvalue weighted by atomic mass is 16.5. The molecule has 3 aromatic rings. The number of nitrogen functional groups attached to an aromatic ring is 1. The first-order chi connectivity index (χ1) is 15.0. The minimum Gasteiger partial charge on any atom is -0.497 e. The van der Waals surface area contributed by atoms with Gasteiger partial charge in [0.25, 0.3) is 5.91 Å². The van der Waals surface area contributed by atoms with Crippen LogP contribution in [0.2, 0.25) is 0 Å². The van der Waals surface area contributed by atoms with Gasteiger partial charge in [-0.05, 0) is 49.4 Å². The number of methoxy groups -OCH3 is 1. The Bertz CT molecular complexity index is 1070. The van der Waals surface area contributed by atoms with Gasteiger partial charge in [0.15, 0.2) is 11.6 Å². The van der Waals surface area contributed by atoms with Crippen LogP contribution in [-0.2, 0) is 4.74 Å². The number of amides is 1. The molecule has 0 aliphatic rings. The zero-order valence-corrected chi connectivity index (χ0v) is 17.0. The van der Waals surface area contributed by atoms with Crippen molar-refractivity contribution in [2.75, 3.05) is 30.2 Å². The first-order valence-corrected chi connectivity index (χ1v) is 9.37. The molecular weight excluding hydrogens is 400 g/mol. The lowest BCUT2D eigenvalue weighted by Gasteiger charge is -2.13. The van der Waals surface area contributed by atoms with Gasteiger partial charge in [0.1, 0.15) is 17.8 Å². The summed E-state index contributed by atoms with van der Waals surface area (Å²) in [5, 5.41) is 3.03. The van der Waals surface area contributed by atoms with Gasteiger partial charge < -0.3 is 20.5 Å². The van der Waals surface area contributed by atoms with Crippen molar-refractivity contribution in [1.29, 1.82) is 0 Å². The van der Waals surface area contributed by atoms with Crippen LogP contribution in [0.25, 0.3) is 0 Å². The van der Waals surface area contributed by atoms with E-state index in [4.69, 9.17) is 15.2 Å². The molecule has 0 spiro atoms. The number of benzene rings is 2. The summed E-state index contributed by atoms with van der Waals surface area (Å²) in [7, 11) is 1.55. The van der Waals surface area contributed by atoms with E-state index in [1.54, 1.807) is 62.6 Å². The van der Waals surface area contributed by atoms with Gasteiger partial charge in [-0.1, -0.05) is 6.07 Å². The summed E-state index contributed by atoms with van der Waals surface area (Å²) < 4.78 is 10.1. The SMILES string of the molecule is CCOC(=O)c1cccc(Nc2ncnc(NNC(=O)c3ccc(OC)cc3)c2N)c1. The third kappa shape index (κ3) is 5.38. The highest BCUT2D eigenvalue weighted by Crippen LogP contribution is 2.26. The Morgan fingerprint density at radius 2 is 1.77 bits per heavy atom. The number of hydrazine groups is 1. The van der Waals surface area contributed by atoms with Crippen LogP contribution in [0.4, 0.5) is 23.0 Å². The van der Waals surface area contributed by atoms with Crippen molar-refractivity contribution in [1.82, 2.24) is 15.4 Å². The minimum absolute atomic E-state index is 0.180. The van der Waals surface area contributed by atoms with Crippen LogP contribution in [0, 0.1) is 0 Å². The molecule has 160 valence electrons. The van der Waals surface area contributed by atoms with E-state index in [0.29, 0.717) is 28.4 Å². The zero-order chi connectivity index (χ0) is 22.2. The summed E-state index contributed by atoms with van der Waals surface area (Å²) in [6, 6.07) is 13.3. The van der Waals surface area contributed by atoms with Crippen molar-refractivity contribution in [2.45, 2.75) is 6.92 Å². The number of ether oxygens (including phenoxy) is 2. The molecule has 0 saturated carbocycles. The lowest BCUT2D eigenvalue weighted by atomic mass is 10.2. The van der Waals surface area contributed by atoms with Gasteiger partial charge in [0.05, 0.1) is 19.3 Å². The van der Waals surface area contributed by atoms with Crippen LogP contribution < -0.4 is 26.6 Å². The third-order valence-corrected chi connectivity index (χ3v) is 4.17. The molecule has 0 aliphatic carbocycles. The molecule has 1 amide bonds. The van der Waals surface area contributed by atoms with Crippen LogP contribution in [0.5, 0.6) is 5.75 Å². The number of nitrogens with two attached hydrogens (primary N) is 1. The molecule has 0 atom stereocenters. The standard InChI is InChI=1S/C21H22N6O4/c1-3-31-21(29)14-5-4-6-15(11-14)25-18-17(22)19(24-12-23-18)26-27-20(28)13-7-9-16(30-2)10-8-13/h4-12H,3,22H2,1-2H3,(H,27,28)(H2,23,24,25,26). The third-order valence-electron chi connectivity index (χ3n) is 4.17. The summed E-state index contributed by atoms with van der Waals surface area (Å²) in [6.07, 6.45) is 1.29. The molecule has 3 rings (SSSR count). The summed E-state index contributed by atoms with van der Waals surface area (Å²) in [5.41, 5.74) is 12.9. The van der Waals surface area contributed by atoms with E-state index in [-0.39, 0.29) is 24.0 Å². The summed E-state index contributed by atoms with van der Waals surface area (Å²) >= 11 is 0. The molecule has 0 saturated heterocycles. The van der Waals surface area contributed by atoms with Gasteiger partial charge in [-0.3, -0.25) is 15.6 Å². The van der Waals surface area contributed by atoms with Crippen molar-refractivity contribution in [3.63, 3.8) is 0 Å². The van der Waals surface area contributed by atoms with Gasteiger partial charge in [0.2, 0.25) is 0 Å². The smallest absolute Gasteiger partial charge is 0.338 e. The van der Waals surface area contributed by atoms with E-state index in [9.17, 15) is 9.59 Å². The predicted molar refractivity (Wildman–Crippen MR) is 116 cm³/mol. The Morgan fingerprint density at radius 3 is 2.48 bits per heavy atom. The highest BCUT2D eigenvalue weighted by Gasteiger charge is 2.12. The molecule has 2 aromatic carbocycles. The van der Waals surface area contributed by atoms with Crippen LogP contribution in [-0.4, -0.2) is 35.6 Å². The Morgan fingerprint density at radius 1 is 1.03 bits per heavy atom. The number of carbonyl (C=O) groups is 2. The van der Waals surface area contributed by atoms with Gasteiger partial charge in [-0.15, -0.1) is 0 Å². The Hall–Kier alpha value is -4.34. The molecule has 10 heteroatoms. The number of rotatable bonds is 8. The fourth-order valence-corrected chi connectivity index (χ4v) is 2.60. The number of nitrogens with zero attached hydrogens (tertiary/aromatic N) is 2. The number of hydrogen-bond donors (Lipinski definition) is 4. The highest BCUT2D eigenvalue weighted by molar-refractivity contribution is 5.95. The number of hydrogen-bond acceptors (Lipinski definition) is 9. The molecule has 5 N–H and O–H groups in total. The molecule has 0 unspecified atom stereocenters. The maximum Gasteiger partial charge on any atom is 0.338 e. The first kappa shape index (κ1) is 21.4. The van der Waals surface area contributed by atoms with E-state index in [2.05, 4.69) is 26.1 Å². The number of anilines is 4. The number of carbonyl (C=O) groups excluding carboxylic acids is 2. The van der Waals surface area contributed by atoms with E-state index < -0.39 is 5.97 Å². The lowest BCUT2D eigenvalue weighted by Crippen LogP contribution is -2.30. The maximum absolute atomic E-state index is 12.3. The molecule has 10 nitrogen and oxygen atoms in total. The normalized spacial score (nSPS) is 10.1. The van der Waals surface area contributed by atoms with E-state index >= 15 is 0 Å². The Labute approximate surface area is 178 Å². The molecular formula is C21H22N6O4. The molecule has 0 fully saturated rings. The van der Waals surface area contributed by atoms with E-state index in [0.717, 1.165) is 0 Å². The second kappa shape index (κ2) is 9.92. The van der Waals surface area contributed by atoms with Crippen molar-refractivity contribution < 1.29 is 19.1 Å². The van der Waals surface area contributed by atoms with Crippen LogP contribution in [0.15, 0.2) is 54.9 Å². The second-order valence-electron chi connectivity index (χ2n) is 6.22. The monoisotopic (exact) mass is 422 g/mol. The van der Waals surface area contributed by atoms with Gasteiger partial charge >= 0.3 is 5.97 Å². The molecule has 0 bridgehead atoms. The Balaban J connectivity index is 1.69. The summed E-state index contributed by atoms with van der Waals surface area (Å²) in [4.78, 5) is 32.4. The topological polar surface area (TPSA) is 140 Å². The quantitative estimate of drug-likeness (QED) is 0.318. The second-order valence-corrected chi connectivity index (χ2v) is 6.22. The van der Waals surface area contributed by atoms with Crippen molar-refractivity contribution in [3.8, 4) is 5.75 Å². The van der Waals surface area contributed by atoms with Crippen molar-refractivity contribution in [2.24, 2.45) is 0 Å². The van der Waals surface area contributed by atoms with Gasteiger partial charge in [0, 0.05) is 11.3 Å². The summed E-state index contributed by atoms with van der Waals surface area (Å²) in [5.74, 6) is 0.355. The zero-order valence-electron chi connectivity index (χ0n) is 17.0. The number of aromatic nitrogens is 2. The van der Waals surface area contributed by atoms with E-state index in [1.165, 1.54) is 6.33 Å². The van der Waals surface area contributed by atoms with Crippen LogP contribution >= 0.6 is 0 Å². The number of esters is 1. The van der Waals surface area contributed by atoms with Crippen molar-refractivity contribution in [3.05, 3.63) is 66.0 Å². The van der Waals surface area contributed by atoms with Gasteiger partial charge in [-0.25, -0.2) is 14.8 Å². The van der Waals surface area contributed by atoms with Crippen LogP contribution in [0.3, 0.4) is 0 Å².